The highest BCUT2D eigenvalue weighted by Gasteiger charge is 2.28. The molecule has 1 aliphatic carbocycles. The zero-order chi connectivity index (χ0) is 22.0. The summed E-state index contributed by atoms with van der Waals surface area (Å²) in [5.41, 5.74) is 0.740. The van der Waals surface area contributed by atoms with Gasteiger partial charge in [0.15, 0.2) is 6.61 Å². The first kappa shape index (κ1) is 21.5. The molecule has 0 saturated heterocycles. The predicted molar refractivity (Wildman–Crippen MR) is 118 cm³/mol. The summed E-state index contributed by atoms with van der Waals surface area (Å²) in [5.74, 6) is 0.900. The van der Waals surface area contributed by atoms with Crippen LogP contribution in [0.2, 0.25) is 0 Å². The summed E-state index contributed by atoms with van der Waals surface area (Å²) in [6, 6.07) is 4.92. The van der Waals surface area contributed by atoms with E-state index >= 15 is 0 Å². The van der Waals surface area contributed by atoms with Crippen molar-refractivity contribution in [1.82, 2.24) is 14.9 Å². The molecule has 166 valence electrons. The van der Waals surface area contributed by atoms with Crippen molar-refractivity contribution in [3.8, 4) is 0 Å². The highest BCUT2D eigenvalue weighted by atomic mass is 16.5. The number of ether oxygens (including phenoxy) is 1. The van der Waals surface area contributed by atoms with Gasteiger partial charge >= 0.3 is 5.97 Å². The Kier molecular flexibility index (Phi) is 6.39. The molecular weight excluding hydrogens is 394 g/mol. The van der Waals surface area contributed by atoms with E-state index in [-0.39, 0.29) is 24.1 Å². The summed E-state index contributed by atoms with van der Waals surface area (Å²) in [6.45, 7) is 4.75. The van der Waals surface area contributed by atoms with E-state index < -0.39 is 5.97 Å². The zero-order valence-corrected chi connectivity index (χ0v) is 18.4. The molecule has 2 aromatic rings. The van der Waals surface area contributed by atoms with Crippen LogP contribution in [0.15, 0.2) is 23.0 Å². The van der Waals surface area contributed by atoms with E-state index in [4.69, 9.17) is 4.74 Å². The van der Waals surface area contributed by atoms with Gasteiger partial charge in [-0.05, 0) is 49.3 Å². The van der Waals surface area contributed by atoms with Gasteiger partial charge in [0.25, 0.3) is 11.5 Å². The average molecular weight is 426 g/mol. The van der Waals surface area contributed by atoms with Gasteiger partial charge in [-0.1, -0.05) is 33.1 Å². The van der Waals surface area contributed by atoms with Gasteiger partial charge in [-0.2, -0.15) is 0 Å². The number of hydrogen-bond donors (Lipinski definition) is 1. The molecule has 7 nitrogen and oxygen atoms in total. The number of fused-ring (bicyclic) bond motifs is 2. The predicted octanol–water partition coefficient (Wildman–Crippen LogP) is 3.22. The molecule has 0 spiro atoms. The third kappa shape index (κ3) is 4.65. The van der Waals surface area contributed by atoms with E-state index in [1.165, 1.54) is 6.42 Å². The third-order valence-electron chi connectivity index (χ3n) is 6.94. The van der Waals surface area contributed by atoms with E-state index in [1.54, 1.807) is 22.8 Å². The maximum absolute atomic E-state index is 12.8. The maximum atomic E-state index is 12.8. The van der Waals surface area contributed by atoms with Gasteiger partial charge < -0.3 is 10.1 Å². The van der Waals surface area contributed by atoms with Gasteiger partial charge in [0.2, 0.25) is 0 Å². The zero-order valence-electron chi connectivity index (χ0n) is 18.4. The van der Waals surface area contributed by atoms with Crippen molar-refractivity contribution < 1.29 is 14.3 Å². The quantitative estimate of drug-likeness (QED) is 0.760. The molecule has 7 heteroatoms. The molecule has 1 aromatic heterocycles. The van der Waals surface area contributed by atoms with Crippen LogP contribution in [0.1, 0.15) is 68.6 Å². The van der Waals surface area contributed by atoms with Gasteiger partial charge in [0, 0.05) is 19.0 Å². The van der Waals surface area contributed by atoms with Crippen molar-refractivity contribution in [3.05, 3.63) is 39.9 Å². The molecule has 1 N–H and O–H groups in total. The fourth-order valence-electron chi connectivity index (χ4n) is 4.79. The fourth-order valence-corrected chi connectivity index (χ4v) is 4.79. The van der Waals surface area contributed by atoms with E-state index in [9.17, 15) is 14.4 Å². The average Bonchev–Trinajstić information content (AvgIpc) is 3.01. The molecule has 3 atom stereocenters. The molecule has 2 heterocycles. The molecule has 1 aliphatic heterocycles. The lowest BCUT2D eigenvalue weighted by Gasteiger charge is -2.34. The van der Waals surface area contributed by atoms with Crippen LogP contribution < -0.4 is 10.9 Å². The van der Waals surface area contributed by atoms with Crippen LogP contribution >= 0.6 is 0 Å². The molecule has 0 radical (unpaired) electrons. The highest BCUT2D eigenvalue weighted by molar-refractivity contribution is 5.95. The topological polar surface area (TPSA) is 90.3 Å². The molecule has 1 fully saturated rings. The Morgan fingerprint density at radius 3 is 2.84 bits per heavy atom. The summed E-state index contributed by atoms with van der Waals surface area (Å²) < 4.78 is 7.00. The highest BCUT2D eigenvalue weighted by Crippen LogP contribution is 2.29. The van der Waals surface area contributed by atoms with Crippen molar-refractivity contribution >= 4 is 22.8 Å². The van der Waals surface area contributed by atoms with E-state index in [1.807, 2.05) is 0 Å². The molecule has 0 bridgehead atoms. The fraction of sp³-hybridized carbons (Fsp3) is 0.583. The smallest absolute Gasteiger partial charge is 0.338 e. The van der Waals surface area contributed by atoms with E-state index in [0.717, 1.165) is 44.3 Å². The summed E-state index contributed by atoms with van der Waals surface area (Å²) in [6.07, 6.45) is 7.07. The second-order valence-electron chi connectivity index (χ2n) is 9.04. The second-order valence-corrected chi connectivity index (χ2v) is 9.04. The van der Waals surface area contributed by atoms with Crippen LogP contribution in [0.5, 0.6) is 0 Å². The third-order valence-corrected chi connectivity index (χ3v) is 6.94. The van der Waals surface area contributed by atoms with Gasteiger partial charge in [-0.25, -0.2) is 9.78 Å². The molecule has 1 aromatic carbocycles. The Balaban J connectivity index is 1.43. The van der Waals surface area contributed by atoms with Crippen molar-refractivity contribution in [3.63, 3.8) is 0 Å². The minimum Gasteiger partial charge on any atom is -0.452 e. The lowest BCUT2D eigenvalue weighted by atomic mass is 9.78. The number of carbonyl (C=O) groups excluding carboxylic acids is 2. The first-order chi connectivity index (χ1) is 14.9. The van der Waals surface area contributed by atoms with Crippen molar-refractivity contribution in [2.45, 2.75) is 71.4 Å². The molecule has 1 amide bonds. The minimum atomic E-state index is -0.584. The summed E-state index contributed by atoms with van der Waals surface area (Å²) in [5, 5.41) is 3.51. The largest absolute Gasteiger partial charge is 0.452 e. The van der Waals surface area contributed by atoms with Crippen molar-refractivity contribution in [2.75, 3.05) is 6.61 Å². The lowest BCUT2D eigenvalue weighted by molar-refractivity contribution is -0.125. The van der Waals surface area contributed by atoms with Gasteiger partial charge in [0.05, 0.1) is 16.5 Å². The van der Waals surface area contributed by atoms with Crippen molar-refractivity contribution in [2.24, 2.45) is 11.8 Å². The summed E-state index contributed by atoms with van der Waals surface area (Å²) in [4.78, 5) is 42.3. The van der Waals surface area contributed by atoms with Crippen LogP contribution in [-0.4, -0.2) is 34.1 Å². The molecule has 1 saturated carbocycles. The number of nitrogens with zero attached hydrogens (tertiary/aromatic N) is 2. The number of nitrogens with one attached hydrogen (secondary N) is 1. The number of hydrogen-bond acceptors (Lipinski definition) is 5. The number of rotatable bonds is 4. The lowest BCUT2D eigenvalue weighted by Crippen LogP contribution is -2.45. The number of carbonyl (C=O) groups is 2. The second kappa shape index (κ2) is 9.20. The molecule has 2 aliphatic rings. The number of aromatic nitrogens is 2. The summed E-state index contributed by atoms with van der Waals surface area (Å²) >= 11 is 0. The van der Waals surface area contributed by atoms with E-state index in [2.05, 4.69) is 24.1 Å². The molecule has 4 rings (SSSR count). The van der Waals surface area contributed by atoms with Crippen LogP contribution in [0.4, 0.5) is 0 Å². The van der Waals surface area contributed by atoms with Crippen LogP contribution in [0.25, 0.3) is 10.9 Å². The Morgan fingerprint density at radius 2 is 2.00 bits per heavy atom. The molecular formula is C24H31N3O4. The minimum absolute atomic E-state index is 0.0583. The van der Waals surface area contributed by atoms with Crippen LogP contribution in [0.3, 0.4) is 0 Å². The number of aryl methyl sites for hydroxylation is 1. The van der Waals surface area contributed by atoms with Gasteiger partial charge in [-0.3, -0.25) is 14.2 Å². The van der Waals surface area contributed by atoms with Gasteiger partial charge in [-0.15, -0.1) is 0 Å². The standard InChI is InChI=1S/C24H31N3O4/c1-15-7-6-8-19(16(15)2)26-22(28)14-31-24(30)17-10-11-18-20(13-17)25-21-9-4-3-5-12-27(21)23(18)29/h10-11,13,15-16,19H,3-9,12,14H2,1-2H3,(H,26,28)/t15-,16-,19-/m1/s1. The number of amides is 1. The normalized spacial score (nSPS) is 23.6. The molecule has 31 heavy (non-hydrogen) atoms. The number of esters is 1. The van der Waals surface area contributed by atoms with Crippen molar-refractivity contribution in [1.29, 1.82) is 0 Å². The molecule has 0 unspecified atom stereocenters. The first-order valence-electron chi connectivity index (χ1n) is 11.4. The Morgan fingerprint density at radius 1 is 1.16 bits per heavy atom. The monoisotopic (exact) mass is 425 g/mol. The van der Waals surface area contributed by atoms with Crippen LogP contribution in [-0.2, 0) is 22.5 Å². The Hall–Kier alpha value is -2.70. The van der Waals surface area contributed by atoms with Crippen LogP contribution in [0, 0.1) is 11.8 Å². The Labute approximate surface area is 182 Å². The first-order valence-corrected chi connectivity index (χ1v) is 11.4. The summed E-state index contributed by atoms with van der Waals surface area (Å²) in [7, 11) is 0. The maximum Gasteiger partial charge on any atom is 0.338 e. The van der Waals surface area contributed by atoms with Gasteiger partial charge in [0.1, 0.15) is 5.82 Å². The SMILES string of the molecule is C[C@@H]1[C@H](C)CCC[C@H]1NC(=O)COC(=O)c1ccc2c(=O)n3c(nc2c1)CCCCC3. The Bertz CT molecular complexity index is 1050. The number of benzene rings is 1. The van der Waals surface area contributed by atoms with E-state index in [0.29, 0.717) is 34.8 Å².